The van der Waals surface area contributed by atoms with Crippen molar-refractivity contribution < 1.29 is 76.3 Å². The van der Waals surface area contributed by atoms with E-state index in [4.69, 9.17) is 66.7 Å². The Morgan fingerprint density at radius 1 is 0.492 bits per heavy atom. The normalized spacial score (nSPS) is 14.2. The number of carboxylic acids is 1. The molecule has 1 unspecified atom stereocenters. The number of carbonyl (C=O) groups excluding carboxylic acids is 1. The predicted octanol–water partition coefficient (Wildman–Crippen LogP) is 12.9. The number of benzene rings is 4. The van der Waals surface area contributed by atoms with Gasteiger partial charge in [0.25, 0.3) is 0 Å². The summed E-state index contributed by atoms with van der Waals surface area (Å²) in [7, 11) is 10.1. The second-order valence-electron chi connectivity index (χ2n) is 26.9. The Labute approximate surface area is 728 Å². The van der Waals surface area contributed by atoms with E-state index in [0.29, 0.717) is 139 Å². The van der Waals surface area contributed by atoms with E-state index in [9.17, 15) is 14.9 Å². The smallest absolute Gasteiger partial charge is 0.350 e. The number of morpholine rings is 4. The zero-order valence-corrected chi connectivity index (χ0v) is 72.2. The van der Waals surface area contributed by atoms with Crippen LogP contribution in [0.25, 0.3) is 32.7 Å². The number of hydrogen-bond acceptors (Lipinski definition) is 36. The standard InChI is InChI=1S/C22H27N5O5S.C20H23N5O5S.C20H25N5O3S.C18H26N4O3.3CH4.H3P/c1-3-31-21(28)19-13-23-22(33-19)26-20-15-11-17(29-2)18(12-16(15)24-14-25-20)32-8-4-5-27-6-9-30-10-7-27;1-28-15-9-13-14(10-16(15)30-6-2-3-25-4-7-29-8-5-25)22-12-23-18(13)24-20-21-11-17(31-20)19(26)27;1-14-12-21-20(29-14)24-19-15-10-17(26-2)18(11-16(15)22-13-23-19)28-7-3-4-25-5-8-27-9-6-25;1-21(2)14-20-16-12-18(17(23-3)11-15(16)13-19)25-8-4-5-22-6-9-24-10-7-22;;;;/h11-14H,3-10H2,1-2H3,(H,23,24,25,26);9-12H,2-8H2,1H3,(H,26,27)(H,21,22,23,24);10-13H,3-9H2,1-2H3,(H,21,22,23,24);11-12,14H,4-10H2,1-3H3;3*1H4;1H3. The molecule has 4 aliphatic rings. The molecule has 10 aromatic rings. The molecule has 4 aliphatic heterocycles. The van der Waals surface area contributed by atoms with Crippen molar-refractivity contribution in [3.63, 3.8) is 0 Å². The third-order valence-electron chi connectivity index (χ3n) is 18.5. The lowest BCUT2D eigenvalue weighted by Crippen LogP contribution is -2.37. The molecule has 0 aliphatic carbocycles. The van der Waals surface area contributed by atoms with Gasteiger partial charge in [-0.2, -0.15) is 15.2 Å². The molecule has 0 radical (unpaired) electrons. The first-order chi connectivity index (χ1) is 57.7. The van der Waals surface area contributed by atoms with Crippen LogP contribution in [0.3, 0.4) is 0 Å². The molecule has 35 nitrogen and oxygen atoms in total. The van der Waals surface area contributed by atoms with Crippen molar-refractivity contribution in [1.29, 1.82) is 5.26 Å². The van der Waals surface area contributed by atoms with Gasteiger partial charge >= 0.3 is 11.9 Å². The third kappa shape index (κ3) is 29.7. The van der Waals surface area contributed by atoms with Gasteiger partial charge in [0.2, 0.25) is 0 Å². The minimum Gasteiger partial charge on any atom is -0.493 e. The highest BCUT2D eigenvalue weighted by atomic mass is 32.1. The van der Waals surface area contributed by atoms with Crippen molar-refractivity contribution in [3.8, 4) is 52.1 Å². The molecule has 662 valence electrons. The minimum absolute atomic E-state index is 0. The number of esters is 1. The van der Waals surface area contributed by atoms with Crippen LogP contribution in [-0.2, 0) is 23.7 Å². The molecule has 0 bridgehead atoms. The van der Waals surface area contributed by atoms with E-state index in [1.165, 1.54) is 36.4 Å². The molecule has 4 N–H and O–H groups in total. The summed E-state index contributed by atoms with van der Waals surface area (Å²) in [5, 5.41) is 32.0. The number of fused-ring (bicyclic) bond motifs is 3. The number of rotatable bonds is 35. The van der Waals surface area contributed by atoms with Gasteiger partial charge in [-0.05, 0) is 57.7 Å². The molecule has 4 aromatic carbocycles. The Balaban J connectivity index is 0.000000222. The SMILES string of the molecule is C.C.C.CCOC(=O)c1cnc(Nc2ncnc3cc(OCCCN4CCOCC4)c(OC)cc23)s1.COc1cc(C#N)c(N=CN(C)C)cc1OCCCN1CCOCC1.COc1cc2c(Nc3ncc(C(=O)O)s3)ncnc2cc1OCCCN1CCOCC1.COc1cc2c(Nc3ncc(C)s3)ncnc2cc1OCCCN1CCOCC1.P. The van der Waals surface area contributed by atoms with E-state index in [1.54, 1.807) is 77.6 Å². The number of ether oxygens (including phenoxy) is 13. The number of methoxy groups -OCH3 is 4. The van der Waals surface area contributed by atoms with Crippen LogP contribution in [0.4, 0.5) is 38.5 Å². The van der Waals surface area contributed by atoms with E-state index in [2.05, 4.69) is 91.5 Å². The number of nitrogens with zero attached hydrogens (tertiary/aromatic N) is 16. The number of hydrogen-bond donors (Lipinski definition) is 4. The van der Waals surface area contributed by atoms with Crippen LogP contribution >= 0.6 is 43.9 Å². The molecule has 10 heterocycles. The van der Waals surface area contributed by atoms with E-state index in [-0.39, 0.29) is 37.1 Å². The number of carbonyl (C=O) groups is 2. The van der Waals surface area contributed by atoms with Crippen LogP contribution in [0.1, 0.15) is 84.7 Å². The Morgan fingerprint density at radius 3 is 1.15 bits per heavy atom. The quantitative estimate of drug-likeness (QED) is 0.00942. The second kappa shape index (κ2) is 52.2. The maximum atomic E-state index is 11.9. The summed E-state index contributed by atoms with van der Waals surface area (Å²) >= 11 is 3.81. The van der Waals surface area contributed by atoms with Gasteiger partial charge in [-0.15, -0.1) is 11.3 Å². The van der Waals surface area contributed by atoms with Crippen molar-refractivity contribution in [2.75, 3.05) is 223 Å². The summed E-state index contributed by atoms with van der Waals surface area (Å²) in [6, 6.07) is 16.7. The number of aromatic carboxylic acids is 1. The molecule has 0 saturated carbocycles. The second-order valence-corrected chi connectivity index (χ2v) is 30.2. The Hall–Kier alpha value is -10.4. The fraction of sp³-hybridized carbons (Fsp3) is 0.482. The lowest BCUT2D eigenvalue weighted by Gasteiger charge is -2.26. The highest BCUT2D eigenvalue weighted by Crippen LogP contribution is 2.40. The first kappa shape index (κ1) is 98.7. The van der Waals surface area contributed by atoms with Crippen LogP contribution in [0.15, 0.2) is 91.1 Å². The summed E-state index contributed by atoms with van der Waals surface area (Å²) in [5.74, 6) is 5.27. The topological polar surface area (TPSA) is 379 Å². The maximum absolute atomic E-state index is 11.9. The minimum atomic E-state index is -1.02. The van der Waals surface area contributed by atoms with E-state index in [0.717, 1.165) is 195 Å². The van der Waals surface area contributed by atoms with Gasteiger partial charge in [-0.1, -0.05) is 45.0 Å². The summed E-state index contributed by atoms with van der Waals surface area (Å²) in [5.41, 5.74) is 3.20. The molecular formula is C83H116N19O16PS3. The van der Waals surface area contributed by atoms with Crippen LogP contribution in [0, 0.1) is 18.3 Å². The highest BCUT2D eigenvalue weighted by molar-refractivity contribution is 7.17. The van der Waals surface area contributed by atoms with Crippen LogP contribution in [-0.4, -0.2) is 300 Å². The Bertz CT molecular complexity index is 4920. The summed E-state index contributed by atoms with van der Waals surface area (Å²) < 4.78 is 72.4. The molecule has 122 heavy (non-hydrogen) atoms. The number of anilines is 6. The van der Waals surface area contributed by atoms with Crippen molar-refractivity contribution in [2.24, 2.45) is 4.99 Å². The number of aliphatic imine (C=N–C) groups is 1. The lowest BCUT2D eigenvalue weighted by atomic mass is 10.1. The number of aromatic nitrogens is 9. The molecule has 4 fully saturated rings. The van der Waals surface area contributed by atoms with Crippen LogP contribution in [0.2, 0.25) is 0 Å². The van der Waals surface area contributed by atoms with Crippen molar-refractivity contribution >= 4 is 133 Å². The van der Waals surface area contributed by atoms with E-state index >= 15 is 0 Å². The molecule has 0 spiro atoms. The maximum Gasteiger partial charge on any atom is 0.350 e. The number of nitrogens with one attached hydrogen (secondary N) is 3. The number of nitriles is 1. The predicted molar refractivity (Wildman–Crippen MR) is 482 cm³/mol. The molecule has 1 atom stereocenters. The van der Waals surface area contributed by atoms with Gasteiger partial charge in [-0.25, -0.2) is 59.4 Å². The van der Waals surface area contributed by atoms with Crippen molar-refractivity contribution in [3.05, 3.63) is 106 Å². The Kier molecular flexibility index (Phi) is 42.2. The molecule has 6 aromatic heterocycles. The molecular weight excluding hydrogens is 1650 g/mol. The van der Waals surface area contributed by atoms with Crippen molar-refractivity contribution in [1.82, 2.24) is 69.4 Å². The fourth-order valence-corrected chi connectivity index (χ4v) is 14.5. The van der Waals surface area contributed by atoms with Gasteiger partial charge < -0.3 is 87.5 Å². The lowest BCUT2D eigenvalue weighted by molar-refractivity contribution is 0.0357. The first-order valence-electron chi connectivity index (χ1n) is 38.8. The fourth-order valence-electron chi connectivity index (χ4n) is 12.5. The van der Waals surface area contributed by atoms with Crippen LogP contribution < -0.4 is 53.8 Å². The highest BCUT2D eigenvalue weighted by Gasteiger charge is 2.22. The number of thiazole rings is 3. The average molecular weight is 1760 g/mol. The molecule has 4 saturated heterocycles. The molecule has 14 rings (SSSR count). The van der Waals surface area contributed by atoms with Gasteiger partial charge in [0, 0.05) is 150 Å². The summed E-state index contributed by atoms with van der Waals surface area (Å²) in [6.45, 7) is 24.5. The average Bonchev–Trinajstić information content (AvgIpc) is 0.992. The van der Waals surface area contributed by atoms with Gasteiger partial charge in [0.15, 0.2) is 61.4 Å². The van der Waals surface area contributed by atoms with E-state index < -0.39 is 11.9 Å². The number of aryl methyl sites for hydroxylation is 1. The van der Waals surface area contributed by atoms with E-state index in [1.807, 2.05) is 62.4 Å². The number of carboxylic acid groups (broad SMARTS) is 1. The van der Waals surface area contributed by atoms with Gasteiger partial charge in [-0.3, -0.25) is 19.6 Å². The summed E-state index contributed by atoms with van der Waals surface area (Å²) in [6.07, 6.45) is 14.4. The monoisotopic (exact) mass is 1760 g/mol. The zero-order valence-electron chi connectivity index (χ0n) is 68.3. The van der Waals surface area contributed by atoms with Crippen molar-refractivity contribution in [2.45, 2.75) is 61.8 Å². The zero-order chi connectivity index (χ0) is 82.8. The van der Waals surface area contributed by atoms with Crippen LogP contribution in [0.5, 0.6) is 46.0 Å². The molecule has 0 amide bonds. The third-order valence-corrected chi connectivity index (χ3v) is 21.1. The summed E-state index contributed by atoms with van der Waals surface area (Å²) in [4.78, 5) is 79.1. The largest absolute Gasteiger partial charge is 0.493 e. The van der Waals surface area contributed by atoms with Gasteiger partial charge in [0.05, 0.1) is 161 Å². The van der Waals surface area contributed by atoms with Gasteiger partial charge in [0.1, 0.15) is 52.3 Å². The Morgan fingerprint density at radius 2 is 0.828 bits per heavy atom. The molecule has 39 heteroatoms. The first-order valence-corrected chi connectivity index (χ1v) is 41.2.